The number of benzene rings is 1. The number of anilines is 1. The van der Waals surface area contributed by atoms with Gasteiger partial charge in [0, 0.05) is 19.0 Å². The molecule has 0 radical (unpaired) electrons. The molecule has 0 unspecified atom stereocenters. The van der Waals surface area contributed by atoms with Crippen LogP contribution in [-0.4, -0.2) is 23.6 Å². The molecule has 0 saturated carbocycles. The van der Waals surface area contributed by atoms with Gasteiger partial charge in [-0.1, -0.05) is 6.07 Å². The SMILES string of the molecule is Cc1ccc2c(N(C)CCC#N)ncnc2c1. The third-order valence-electron chi connectivity index (χ3n) is 2.69. The molecule has 0 N–H and O–H groups in total. The average molecular weight is 226 g/mol. The zero-order valence-electron chi connectivity index (χ0n) is 10.0. The molecule has 0 bridgehead atoms. The van der Waals surface area contributed by atoms with Crippen LogP contribution in [0.5, 0.6) is 0 Å². The second kappa shape index (κ2) is 4.79. The molecule has 1 aromatic carbocycles. The van der Waals surface area contributed by atoms with Crippen molar-refractivity contribution in [3.63, 3.8) is 0 Å². The summed E-state index contributed by atoms with van der Waals surface area (Å²) in [5.41, 5.74) is 2.13. The monoisotopic (exact) mass is 226 g/mol. The second-order valence-electron chi connectivity index (χ2n) is 4.05. The van der Waals surface area contributed by atoms with Crippen LogP contribution >= 0.6 is 0 Å². The Balaban J connectivity index is 2.44. The number of aromatic nitrogens is 2. The molecular weight excluding hydrogens is 212 g/mol. The van der Waals surface area contributed by atoms with Crippen molar-refractivity contribution in [1.82, 2.24) is 9.97 Å². The van der Waals surface area contributed by atoms with E-state index in [2.05, 4.69) is 16.0 Å². The first kappa shape index (κ1) is 11.3. The third kappa shape index (κ3) is 2.34. The number of aryl methyl sites for hydroxylation is 1. The maximum atomic E-state index is 8.60. The lowest BCUT2D eigenvalue weighted by molar-refractivity contribution is 0.887. The summed E-state index contributed by atoms with van der Waals surface area (Å²) in [7, 11) is 1.94. The predicted molar refractivity (Wildman–Crippen MR) is 67.8 cm³/mol. The highest BCUT2D eigenvalue weighted by molar-refractivity contribution is 5.89. The highest BCUT2D eigenvalue weighted by Crippen LogP contribution is 2.22. The maximum absolute atomic E-state index is 8.60. The second-order valence-corrected chi connectivity index (χ2v) is 4.05. The summed E-state index contributed by atoms with van der Waals surface area (Å²) in [5.74, 6) is 0.880. The Morgan fingerprint density at radius 2 is 2.18 bits per heavy atom. The van der Waals surface area contributed by atoms with E-state index in [1.807, 2.05) is 37.1 Å². The van der Waals surface area contributed by atoms with Crippen molar-refractivity contribution >= 4 is 16.7 Å². The quantitative estimate of drug-likeness (QED) is 0.805. The summed E-state index contributed by atoms with van der Waals surface area (Å²) < 4.78 is 0. The first-order valence-electron chi connectivity index (χ1n) is 5.52. The maximum Gasteiger partial charge on any atom is 0.139 e. The first-order chi connectivity index (χ1) is 8.22. The van der Waals surface area contributed by atoms with Crippen molar-refractivity contribution < 1.29 is 0 Å². The average Bonchev–Trinajstić information content (AvgIpc) is 2.34. The van der Waals surface area contributed by atoms with E-state index in [4.69, 9.17) is 5.26 Å². The molecule has 0 saturated heterocycles. The van der Waals surface area contributed by atoms with Gasteiger partial charge in [-0.2, -0.15) is 5.26 Å². The molecule has 0 amide bonds. The van der Waals surface area contributed by atoms with Gasteiger partial charge in [-0.15, -0.1) is 0 Å². The number of hydrogen-bond acceptors (Lipinski definition) is 4. The van der Waals surface area contributed by atoms with Crippen LogP contribution in [0, 0.1) is 18.3 Å². The van der Waals surface area contributed by atoms with E-state index in [0.29, 0.717) is 13.0 Å². The van der Waals surface area contributed by atoms with E-state index < -0.39 is 0 Å². The molecule has 1 aromatic heterocycles. The zero-order valence-corrected chi connectivity index (χ0v) is 10.0. The zero-order chi connectivity index (χ0) is 12.3. The van der Waals surface area contributed by atoms with Crippen molar-refractivity contribution in [1.29, 1.82) is 5.26 Å². The van der Waals surface area contributed by atoms with Crippen LogP contribution in [0.25, 0.3) is 10.9 Å². The van der Waals surface area contributed by atoms with Gasteiger partial charge in [0.1, 0.15) is 12.1 Å². The Morgan fingerprint density at radius 1 is 1.35 bits per heavy atom. The molecule has 0 fully saturated rings. The topological polar surface area (TPSA) is 52.8 Å². The van der Waals surface area contributed by atoms with Crippen molar-refractivity contribution in [3.8, 4) is 6.07 Å². The van der Waals surface area contributed by atoms with Crippen LogP contribution in [0.3, 0.4) is 0 Å². The number of nitriles is 1. The Bertz CT molecular complexity index is 571. The molecule has 2 aromatic rings. The van der Waals surface area contributed by atoms with E-state index in [9.17, 15) is 0 Å². The Labute approximate surface area is 101 Å². The van der Waals surface area contributed by atoms with Gasteiger partial charge in [-0.25, -0.2) is 9.97 Å². The van der Waals surface area contributed by atoms with Gasteiger partial charge < -0.3 is 4.90 Å². The summed E-state index contributed by atoms with van der Waals surface area (Å²) in [4.78, 5) is 10.5. The molecule has 1 heterocycles. The van der Waals surface area contributed by atoms with Crippen LogP contribution in [0.1, 0.15) is 12.0 Å². The summed E-state index contributed by atoms with van der Waals surface area (Å²) in [5, 5.41) is 9.63. The summed E-state index contributed by atoms with van der Waals surface area (Å²) in [6.07, 6.45) is 2.06. The molecule has 0 atom stereocenters. The Morgan fingerprint density at radius 3 is 2.94 bits per heavy atom. The van der Waals surface area contributed by atoms with Crippen LogP contribution in [-0.2, 0) is 0 Å². The van der Waals surface area contributed by atoms with Crippen LogP contribution in [0.4, 0.5) is 5.82 Å². The number of fused-ring (bicyclic) bond motifs is 1. The van der Waals surface area contributed by atoms with Crippen molar-refractivity contribution in [2.75, 3.05) is 18.5 Å². The molecule has 86 valence electrons. The van der Waals surface area contributed by atoms with E-state index in [0.717, 1.165) is 16.7 Å². The van der Waals surface area contributed by atoms with Crippen LogP contribution < -0.4 is 4.90 Å². The van der Waals surface area contributed by atoms with Crippen molar-refractivity contribution in [3.05, 3.63) is 30.1 Å². The highest BCUT2D eigenvalue weighted by Gasteiger charge is 2.07. The van der Waals surface area contributed by atoms with E-state index in [-0.39, 0.29) is 0 Å². The fraction of sp³-hybridized carbons (Fsp3) is 0.308. The van der Waals surface area contributed by atoms with Crippen LogP contribution in [0.2, 0.25) is 0 Å². The van der Waals surface area contributed by atoms with Crippen molar-refractivity contribution in [2.24, 2.45) is 0 Å². The fourth-order valence-electron chi connectivity index (χ4n) is 1.78. The Kier molecular flexibility index (Phi) is 3.20. The normalized spacial score (nSPS) is 10.2. The standard InChI is InChI=1S/C13H14N4/c1-10-4-5-11-12(8-10)15-9-16-13(11)17(2)7-3-6-14/h4-5,8-9H,3,7H2,1-2H3. The molecule has 0 aliphatic heterocycles. The molecule has 17 heavy (non-hydrogen) atoms. The molecule has 0 spiro atoms. The molecular formula is C13H14N4. The van der Waals surface area contributed by atoms with Gasteiger partial charge >= 0.3 is 0 Å². The van der Waals surface area contributed by atoms with Gasteiger partial charge in [0.2, 0.25) is 0 Å². The Hall–Kier alpha value is -2.15. The van der Waals surface area contributed by atoms with Crippen LogP contribution in [0.15, 0.2) is 24.5 Å². The highest BCUT2D eigenvalue weighted by atomic mass is 15.2. The predicted octanol–water partition coefficient (Wildman–Crippen LogP) is 2.29. The van der Waals surface area contributed by atoms with E-state index in [1.54, 1.807) is 6.33 Å². The lowest BCUT2D eigenvalue weighted by Gasteiger charge is -2.18. The molecule has 0 aliphatic carbocycles. The minimum Gasteiger partial charge on any atom is -0.358 e. The summed E-state index contributed by atoms with van der Waals surface area (Å²) in [6.45, 7) is 2.72. The number of hydrogen-bond donors (Lipinski definition) is 0. The largest absolute Gasteiger partial charge is 0.358 e. The fourth-order valence-corrected chi connectivity index (χ4v) is 1.78. The summed E-state index contributed by atoms with van der Waals surface area (Å²) in [6, 6.07) is 8.26. The van der Waals surface area contributed by atoms with Crippen molar-refractivity contribution in [2.45, 2.75) is 13.3 Å². The molecule has 4 heteroatoms. The smallest absolute Gasteiger partial charge is 0.139 e. The van der Waals surface area contributed by atoms with E-state index in [1.165, 1.54) is 5.56 Å². The lowest BCUT2D eigenvalue weighted by Crippen LogP contribution is -2.19. The minimum absolute atomic E-state index is 0.494. The van der Waals surface area contributed by atoms with Gasteiger partial charge in [-0.05, 0) is 24.6 Å². The molecule has 2 rings (SSSR count). The first-order valence-corrected chi connectivity index (χ1v) is 5.52. The summed E-state index contributed by atoms with van der Waals surface area (Å²) >= 11 is 0. The third-order valence-corrected chi connectivity index (χ3v) is 2.69. The van der Waals surface area contributed by atoms with Gasteiger partial charge in [0.05, 0.1) is 18.0 Å². The number of rotatable bonds is 3. The molecule has 0 aliphatic rings. The van der Waals surface area contributed by atoms with Gasteiger partial charge in [0.25, 0.3) is 0 Å². The van der Waals surface area contributed by atoms with Gasteiger partial charge in [0.15, 0.2) is 0 Å². The number of nitrogens with zero attached hydrogens (tertiary/aromatic N) is 4. The van der Waals surface area contributed by atoms with E-state index >= 15 is 0 Å². The lowest BCUT2D eigenvalue weighted by atomic mass is 10.1. The molecule has 4 nitrogen and oxygen atoms in total. The minimum atomic E-state index is 0.494. The van der Waals surface area contributed by atoms with Gasteiger partial charge in [-0.3, -0.25) is 0 Å².